The van der Waals surface area contributed by atoms with E-state index in [4.69, 9.17) is 16.9 Å². The van der Waals surface area contributed by atoms with E-state index >= 15 is 0 Å². The molecule has 0 aliphatic carbocycles. The largest absolute Gasteiger partial charge is 0.231 e. The van der Waals surface area contributed by atoms with Crippen LogP contribution in [-0.4, -0.2) is 16.1 Å². The van der Waals surface area contributed by atoms with Gasteiger partial charge in [-0.1, -0.05) is 13.0 Å². The van der Waals surface area contributed by atoms with Crippen molar-refractivity contribution in [3.05, 3.63) is 23.9 Å². The summed E-state index contributed by atoms with van der Waals surface area (Å²) in [7, 11) is 0. The molecule has 1 heterocycles. The molecule has 0 fully saturated rings. The van der Waals surface area contributed by atoms with Crippen LogP contribution in [0.4, 0.5) is 0 Å². The first kappa shape index (κ1) is 10.4. The van der Waals surface area contributed by atoms with Gasteiger partial charge >= 0.3 is 0 Å². The van der Waals surface area contributed by atoms with Crippen LogP contribution in [0.1, 0.15) is 12.6 Å². The van der Waals surface area contributed by atoms with Crippen molar-refractivity contribution in [1.29, 1.82) is 5.26 Å². The third-order valence-corrected chi connectivity index (χ3v) is 3.06. The molecule has 0 aromatic carbocycles. The first-order valence-corrected chi connectivity index (χ1v) is 5.27. The van der Waals surface area contributed by atoms with Crippen molar-refractivity contribution in [3.8, 4) is 6.07 Å². The van der Waals surface area contributed by atoms with Crippen LogP contribution in [-0.2, 0) is 0 Å². The minimum atomic E-state index is 0.322. The molecule has 1 aromatic heterocycles. The third kappa shape index (κ3) is 3.25. The molecule has 0 saturated heterocycles. The lowest BCUT2D eigenvalue weighted by Crippen LogP contribution is -1.97. The topological polar surface area (TPSA) is 36.7 Å². The average molecular weight is 213 g/mol. The monoisotopic (exact) mass is 212 g/mol. The number of thioether (sulfide) groups is 1. The van der Waals surface area contributed by atoms with Crippen LogP contribution in [0, 0.1) is 11.3 Å². The molecule has 4 heteroatoms. The molecule has 0 bridgehead atoms. The summed E-state index contributed by atoms with van der Waals surface area (Å²) in [6, 6.07) is 7.40. The molecular weight excluding hydrogens is 204 g/mol. The number of nitriles is 1. The van der Waals surface area contributed by atoms with E-state index < -0.39 is 0 Å². The summed E-state index contributed by atoms with van der Waals surface area (Å²) < 4.78 is 0. The Morgan fingerprint density at radius 3 is 3.08 bits per heavy atom. The van der Waals surface area contributed by atoms with Crippen molar-refractivity contribution in [2.75, 3.05) is 5.88 Å². The van der Waals surface area contributed by atoms with E-state index in [1.54, 1.807) is 17.8 Å². The van der Waals surface area contributed by atoms with Crippen LogP contribution in [0.2, 0.25) is 0 Å². The molecule has 0 amide bonds. The Bertz CT molecular complexity index is 322. The zero-order valence-corrected chi connectivity index (χ0v) is 8.77. The SMILES string of the molecule is CC(CCl)Sc1cccc(C#N)n1. The molecule has 2 nitrogen and oxygen atoms in total. The van der Waals surface area contributed by atoms with Crippen LogP contribution in [0.25, 0.3) is 0 Å². The maximum absolute atomic E-state index is 8.61. The van der Waals surface area contributed by atoms with E-state index in [1.165, 1.54) is 0 Å². The Hall–Kier alpha value is -0.720. The van der Waals surface area contributed by atoms with Gasteiger partial charge in [-0.05, 0) is 12.1 Å². The van der Waals surface area contributed by atoms with Crippen LogP contribution in [0.15, 0.2) is 23.2 Å². The summed E-state index contributed by atoms with van der Waals surface area (Å²) in [6.45, 7) is 2.03. The van der Waals surface area contributed by atoms with E-state index in [9.17, 15) is 0 Å². The highest BCUT2D eigenvalue weighted by atomic mass is 35.5. The summed E-state index contributed by atoms with van der Waals surface area (Å²) in [5, 5.41) is 9.78. The van der Waals surface area contributed by atoms with Gasteiger partial charge in [0.15, 0.2) is 0 Å². The minimum Gasteiger partial charge on any atom is -0.231 e. The highest BCUT2D eigenvalue weighted by Crippen LogP contribution is 2.21. The van der Waals surface area contributed by atoms with Crippen molar-refractivity contribution < 1.29 is 0 Å². The lowest BCUT2D eigenvalue weighted by Gasteiger charge is -2.05. The fourth-order valence-electron chi connectivity index (χ4n) is 0.780. The predicted molar refractivity (Wildman–Crippen MR) is 55.0 cm³/mol. The van der Waals surface area contributed by atoms with Gasteiger partial charge in [-0.15, -0.1) is 23.4 Å². The summed E-state index contributed by atoms with van der Waals surface area (Å²) in [5.41, 5.74) is 0.451. The van der Waals surface area contributed by atoms with E-state index in [2.05, 4.69) is 4.98 Å². The Morgan fingerprint density at radius 1 is 1.69 bits per heavy atom. The molecule has 1 unspecified atom stereocenters. The average Bonchev–Trinajstić information content (AvgIpc) is 2.18. The van der Waals surface area contributed by atoms with Gasteiger partial charge in [0, 0.05) is 11.1 Å². The number of nitrogens with zero attached hydrogens (tertiary/aromatic N) is 2. The Labute approximate surface area is 86.9 Å². The van der Waals surface area contributed by atoms with Gasteiger partial charge in [-0.2, -0.15) is 5.26 Å². The fourth-order valence-corrected chi connectivity index (χ4v) is 1.75. The van der Waals surface area contributed by atoms with Crippen LogP contribution in [0.5, 0.6) is 0 Å². The maximum atomic E-state index is 8.61. The molecule has 0 N–H and O–H groups in total. The number of rotatable bonds is 3. The maximum Gasteiger partial charge on any atom is 0.141 e. The van der Waals surface area contributed by atoms with Crippen molar-refractivity contribution in [3.63, 3.8) is 0 Å². The predicted octanol–water partition coefficient (Wildman–Crippen LogP) is 2.67. The summed E-state index contributed by atoms with van der Waals surface area (Å²) >= 11 is 7.24. The van der Waals surface area contributed by atoms with Crippen LogP contribution < -0.4 is 0 Å². The molecule has 0 aliphatic heterocycles. The van der Waals surface area contributed by atoms with Gasteiger partial charge in [0.2, 0.25) is 0 Å². The second-order valence-electron chi connectivity index (χ2n) is 2.56. The summed E-state index contributed by atoms with van der Waals surface area (Å²) in [4.78, 5) is 4.12. The molecule has 1 aromatic rings. The quantitative estimate of drug-likeness (QED) is 0.571. The molecule has 0 aliphatic rings. The van der Waals surface area contributed by atoms with Gasteiger partial charge in [0.25, 0.3) is 0 Å². The van der Waals surface area contributed by atoms with E-state index in [-0.39, 0.29) is 0 Å². The third-order valence-electron chi connectivity index (χ3n) is 1.38. The Morgan fingerprint density at radius 2 is 2.46 bits per heavy atom. The van der Waals surface area contributed by atoms with Crippen LogP contribution in [0.3, 0.4) is 0 Å². The highest BCUT2D eigenvalue weighted by Gasteiger charge is 2.03. The number of pyridine rings is 1. The smallest absolute Gasteiger partial charge is 0.141 e. The molecule has 68 valence electrons. The molecule has 0 saturated carbocycles. The van der Waals surface area contributed by atoms with E-state index in [0.717, 1.165) is 5.03 Å². The number of aromatic nitrogens is 1. The minimum absolute atomic E-state index is 0.322. The standard InChI is InChI=1S/C9H9ClN2S/c1-7(5-10)13-9-4-2-3-8(6-11)12-9/h2-4,7H,5H2,1H3. The Balaban J connectivity index is 2.73. The fraction of sp³-hybridized carbons (Fsp3) is 0.333. The number of hydrogen-bond acceptors (Lipinski definition) is 3. The summed E-state index contributed by atoms with van der Waals surface area (Å²) in [6.07, 6.45) is 0. The summed E-state index contributed by atoms with van der Waals surface area (Å²) in [5.74, 6) is 0.586. The van der Waals surface area contributed by atoms with E-state index in [0.29, 0.717) is 16.8 Å². The van der Waals surface area contributed by atoms with Crippen molar-refractivity contribution in [2.45, 2.75) is 17.2 Å². The molecule has 0 radical (unpaired) electrons. The van der Waals surface area contributed by atoms with Crippen molar-refractivity contribution in [2.24, 2.45) is 0 Å². The normalized spacial score (nSPS) is 12.1. The first-order chi connectivity index (χ1) is 6.26. The lowest BCUT2D eigenvalue weighted by atomic mass is 10.4. The molecule has 1 rings (SSSR count). The number of hydrogen-bond donors (Lipinski definition) is 0. The second kappa shape index (κ2) is 5.11. The second-order valence-corrected chi connectivity index (χ2v) is 4.32. The molecular formula is C9H9ClN2S. The lowest BCUT2D eigenvalue weighted by molar-refractivity contribution is 1.06. The molecule has 0 spiro atoms. The number of alkyl halides is 1. The first-order valence-electron chi connectivity index (χ1n) is 3.86. The molecule has 13 heavy (non-hydrogen) atoms. The number of halogens is 1. The highest BCUT2D eigenvalue weighted by molar-refractivity contribution is 7.99. The van der Waals surface area contributed by atoms with Crippen LogP contribution >= 0.6 is 23.4 Å². The van der Waals surface area contributed by atoms with Gasteiger partial charge in [-0.25, -0.2) is 4.98 Å². The zero-order valence-electron chi connectivity index (χ0n) is 7.20. The molecule has 1 atom stereocenters. The van der Waals surface area contributed by atoms with E-state index in [1.807, 2.05) is 25.1 Å². The van der Waals surface area contributed by atoms with Gasteiger partial charge in [-0.3, -0.25) is 0 Å². The zero-order chi connectivity index (χ0) is 9.68. The van der Waals surface area contributed by atoms with Crippen molar-refractivity contribution in [1.82, 2.24) is 4.98 Å². The van der Waals surface area contributed by atoms with Gasteiger partial charge < -0.3 is 0 Å². The van der Waals surface area contributed by atoms with Gasteiger partial charge in [0.1, 0.15) is 11.8 Å². The van der Waals surface area contributed by atoms with Gasteiger partial charge in [0.05, 0.1) is 5.03 Å². The Kier molecular flexibility index (Phi) is 4.07. The van der Waals surface area contributed by atoms with Crippen molar-refractivity contribution >= 4 is 23.4 Å².